The van der Waals surface area contributed by atoms with Crippen molar-refractivity contribution in [3.63, 3.8) is 0 Å². The number of hydrogen-bond acceptors (Lipinski definition) is 2. The number of unbranched alkanes of at least 4 members (excludes halogenated alkanes) is 9. The summed E-state index contributed by atoms with van der Waals surface area (Å²) in [5.41, 5.74) is 6.12. The Bertz CT molecular complexity index is 440. The monoisotopic (exact) mass is 468 g/mol. The molecule has 184 valence electrons. The first kappa shape index (κ1) is 31.1. The predicted molar refractivity (Wildman–Crippen MR) is 148 cm³/mol. The van der Waals surface area contributed by atoms with Crippen LogP contribution in [-0.2, 0) is 4.74 Å². The molecule has 0 atom stereocenters. The molecule has 0 fully saturated rings. The molecule has 0 saturated heterocycles. The second kappa shape index (κ2) is 19.5. The van der Waals surface area contributed by atoms with E-state index in [9.17, 15) is 0 Å². The molecule has 0 rings (SSSR count). The highest BCUT2D eigenvalue weighted by Gasteiger charge is 2.41. The zero-order valence-electron chi connectivity index (χ0n) is 22.5. The Labute approximate surface area is 202 Å². The van der Waals surface area contributed by atoms with Gasteiger partial charge in [-0.15, -0.1) is 11.5 Å². The number of rotatable bonds is 19. The van der Waals surface area contributed by atoms with Crippen LogP contribution in [0.3, 0.4) is 0 Å². The molecule has 0 radical (unpaired) electrons. The van der Waals surface area contributed by atoms with E-state index in [0.29, 0.717) is 6.10 Å². The Hall–Kier alpha value is 0.0869. The highest BCUT2D eigenvalue weighted by atomic mass is 32.2. The van der Waals surface area contributed by atoms with Crippen molar-refractivity contribution in [3.05, 3.63) is 0 Å². The molecule has 3 heteroatoms. The van der Waals surface area contributed by atoms with Crippen LogP contribution < -0.4 is 0 Å². The molecule has 0 aromatic heterocycles. The van der Waals surface area contributed by atoms with Gasteiger partial charge in [0.05, 0.1) is 6.10 Å². The molecule has 0 amide bonds. The van der Waals surface area contributed by atoms with E-state index in [2.05, 4.69) is 78.6 Å². The summed E-state index contributed by atoms with van der Waals surface area (Å²) in [7, 11) is -1.51. The van der Waals surface area contributed by atoms with Gasteiger partial charge in [-0.25, -0.2) is 0 Å². The largest absolute Gasteiger partial charge is 0.379 e. The third-order valence-corrected chi connectivity index (χ3v) is 14.1. The van der Waals surface area contributed by atoms with Gasteiger partial charge >= 0.3 is 0 Å². The summed E-state index contributed by atoms with van der Waals surface area (Å²) in [5.74, 6) is 6.21. The third kappa shape index (κ3) is 14.8. The van der Waals surface area contributed by atoms with Crippen LogP contribution in [0.25, 0.3) is 0 Å². The number of hydrogen-bond donors (Lipinski definition) is 0. The van der Waals surface area contributed by atoms with Gasteiger partial charge in [-0.3, -0.25) is 0 Å². The lowest BCUT2D eigenvalue weighted by atomic mass is 10.1. The van der Waals surface area contributed by atoms with E-state index in [-0.39, 0.29) is 0 Å². The molecule has 0 aliphatic rings. The highest BCUT2D eigenvalue weighted by molar-refractivity contribution is 7.99. The van der Waals surface area contributed by atoms with E-state index < -0.39 is 8.07 Å². The van der Waals surface area contributed by atoms with Crippen LogP contribution in [0.4, 0.5) is 0 Å². The minimum atomic E-state index is -1.51. The fraction of sp³-hybridized carbons (Fsp3) is 0.929. The fourth-order valence-electron chi connectivity index (χ4n) is 4.89. The summed E-state index contributed by atoms with van der Waals surface area (Å²) in [6.07, 6.45) is 15.3. The van der Waals surface area contributed by atoms with Crippen molar-refractivity contribution in [1.29, 1.82) is 0 Å². The molecule has 0 aromatic carbocycles. The van der Waals surface area contributed by atoms with Crippen molar-refractivity contribution < 1.29 is 4.74 Å². The van der Waals surface area contributed by atoms with Gasteiger partial charge in [0.2, 0.25) is 0 Å². The van der Waals surface area contributed by atoms with Crippen LogP contribution in [0, 0.1) is 11.5 Å². The topological polar surface area (TPSA) is 9.23 Å². The summed E-state index contributed by atoms with van der Waals surface area (Å²) in [4.78, 5) is 0. The van der Waals surface area contributed by atoms with Gasteiger partial charge in [0.1, 0.15) is 8.07 Å². The van der Waals surface area contributed by atoms with Crippen molar-refractivity contribution in [1.82, 2.24) is 0 Å². The first-order valence-corrected chi connectivity index (χ1v) is 16.8. The van der Waals surface area contributed by atoms with E-state index in [4.69, 9.17) is 4.74 Å². The quantitative estimate of drug-likeness (QED) is 0.106. The summed E-state index contributed by atoms with van der Waals surface area (Å²) >= 11 is 2.10. The predicted octanol–water partition coefficient (Wildman–Crippen LogP) is 9.66. The molecule has 31 heavy (non-hydrogen) atoms. The first-order valence-electron chi connectivity index (χ1n) is 13.4. The third-order valence-electron chi connectivity index (χ3n) is 6.65. The van der Waals surface area contributed by atoms with Crippen molar-refractivity contribution in [2.45, 2.75) is 149 Å². The number of ether oxygens (including phenoxy) is 1. The van der Waals surface area contributed by atoms with E-state index >= 15 is 0 Å². The molecule has 0 aromatic rings. The Balaban J connectivity index is 3.60. The second-order valence-electron chi connectivity index (χ2n) is 10.5. The summed E-state index contributed by atoms with van der Waals surface area (Å²) in [6.45, 7) is 19.6. The maximum atomic E-state index is 5.58. The molecular weight excluding hydrogens is 412 g/mol. The number of thioether (sulfide) groups is 1. The standard InChI is InChI=1S/C28H56OSSi/c1-25(2)29-21-20-23-30-22-18-16-14-12-10-9-11-13-15-17-19-24-31(26(3)4,27(5)6)28(7)8/h25-28H,9-18,20-23H2,1-8H3. The van der Waals surface area contributed by atoms with Gasteiger partial charge in [0, 0.05) is 13.0 Å². The van der Waals surface area contributed by atoms with Gasteiger partial charge < -0.3 is 4.74 Å². The van der Waals surface area contributed by atoms with Crippen LogP contribution in [0.2, 0.25) is 16.6 Å². The van der Waals surface area contributed by atoms with E-state index in [0.717, 1.165) is 29.7 Å². The maximum Gasteiger partial charge on any atom is 0.145 e. The maximum absolute atomic E-state index is 5.58. The van der Waals surface area contributed by atoms with Crippen molar-refractivity contribution >= 4 is 19.8 Å². The minimum Gasteiger partial charge on any atom is -0.379 e. The average molecular weight is 469 g/mol. The minimum absolute atomic E-state index is 0.379. The van der Waals surface area contributed by atoms with Crippen molar-refractivity contribution in [3.8, 4) is 11.5 Å². The first-order chi connectivity index (χ1) is 14.7. The molecule has 0 bridgehead atoms. The smallest absolute Gasteiger partial charge is 0.145 e. The van der Waals surface area contributed by atoms with Gasteiger partial charge in [-0.1, -0.05) is 86.5 Å². The molecule has 0 aliphatic heterocycles. The Kier molecular flexibility index (Phi) is 19.6. The molecule has 1 nitrogen and oxygen atoms in total. The van der Waals surface area contributed by atoms with Gasteiger partial charge in [0.25, 0.3) is 0 Å². The molecule has 0 spiro atoms. The second-order valence-corrected chi connectivity index (χ2v) is 17.3. The van der Waals surface area contributed by atoms with Gasteiger partial charge in [-0.05, 0) is 61.2 Å². The van der Waals surface area contributed by atoms with E-state index in [1.807, 2.05) is 0 Å². The van der Waals surface area contributed by atoms with Crippen molar-refractivity contribution in [2.24, 2.45) is 0 Å². The van der Waals surface area contributed by atoms with Crippen LogP contribution in [0.15, 0.2) is 0 Å². The van der Waals surface area contributed by atoms with Gasteiger partial charge in [-0.2, -0.15) is 11.8 Å². The zero-order valence-corrected chi connectivity index (χ0v) is 24.3. The van der Waals surface area contributed by atoms with Gasteiger partial charge in [0.15, 0.2) is 0 Å². The lowest BCUT2D eigenvalue weighted by Gasteiger charge is -2.38. The van der Waals surface area contributed by atoms with Crippen LogP contribution >= 0.6 is 11.8 Å². The molecule has 0 saturated carbocycles. The van der Waals surface area contributed by atoms with Crippen LogP contribution in [0.5, 0.6) is 0 Å². The normalized spacial score (nSPS) is 12.3. The van der Waals surface area contributed by atoms with E-state index in [1.54, 1.807) is 0 Å². The summed E-state index contributed by atoms with van der Waals surface area (Å²) in [6, 6.07) is 0. The molecule has 0 N–H and O–H groups in total. The summed E-state index contributed by atoms with van der Waals surface area (Å²) in [5, 5.41) is 0. The SMILES string of the molecule is CC(C)OCCCSCCCCCCCCCCCC#C[Si](C(C)C)(C(C)C)C(C)C. The summed E-state index contributed by atoms with van der Waals surface area (Å²) < 4.78 is 5.58. The Morgan fingerprint density at radius 3 is 1.55 bits per heavy atom. The Morgan fingerprint density at radius 2 is 1.06 bits per heavy atom. The molecular formula is C28H56OSSi. The van der Waals surface area contributed by atoms with E-state index in [1.165, 1.54) is 75.7 Å². The lowest BCUT2D eigenvalue weighted by Crippen LogP contribution is -2.43. The highest BCUT2D eigenvalue weighted by Crippen LogP contribution is 2.40. The fourth-order valence-corrected chi connectivity index (χ4v) is 11.1. The zero-order chi connectivity index (χ0) is 23.5. The van der Waals surface area contributed by atoms with Crippen LogP contribution in [-0.4, -0.2) is 32.3 Å². The lowest BCUT2D eigenvalue weighted by molar-refractivity contribution is 0.0800. The molecule has 0 heterocycles. The molecule has 0 unspecified atom stereocenters. The Morgan fingerprint density at radius 1 is 0.613 bits per heavy atom. The van der Waals surface area contributed by atoms with Crippen molar-refractivity contribution in [2.75, 3.05) is 18.1 Å². The van der Waals surface area contributed by atoms with Crippen LogP contribution in [0.1, 0.15) is 126 Å². The average Bonchev–Trinajstić information content (AvgIpc) is 2.68. The molecule has 0 aliphatic carbocycles.